The Balaban J connectivity index is 1.52. The number of benzene rings is 1. The molecule has 21 heavy (non-hydrogen) atoms. The van der Waals surface area contributed by atoms with Crippen molar-refractivity contribution in [1.29, 1.82) is 0 Å². The summed E-state index contributed by atoms with van der Waals surface area (Å²) in [5, 5.41) is 3.62. The summed E-state index contributed by atoms with van der Waals surface area (Å²) in [6, 6.07) is 9.60. The fraction of sp³-hybridized carbons (Fsp3) is 0.667. The molecule has 1 atom stereocenters. The molecule has 3 nitrogen and oxygen atoms in total. The van der Waals surface area contributed by atoms with E-state index in [4.69, 9.17) is 4.74 Å². The van der Waals surface area contributed by atoms with Crippen molar-refractivity contribution < 1.29 is 4.74 Å². The number of hydrogen-bond donors (Lipinski definition) is 1. The largest absolute Gasteiger partial charge is 0.377 e. The van der Waals surface area contributed by atoms with Crippen LogP contribution in [0.4, 0.5) is 0 Å². The molecule has 2 fully saturated rings. The van der Waals surface area contributed by atoms with Crippen LogP contribution in [0.1, 0.15) is 43.2 Å². The Morgan fingerprint density at radius 3 is 2.67 bits per heavy atom. The quantitative estimate of drug-likeness (QED) is 0.835. The van der Waals surface area contributed by atoms with Crippen molar-refractivity contribution in [2.75, 3.05) is 20.2 Å². The fourth-order valence-electron chi connectivity index (χ4n) is 3.08. The van der Waals surface area contributed by atoms with Crippen LogP contribution >= 0.6 is 0 Å². The van der Waals surface area contributed by atoms with Crippen molar-refractivity contribution >= 4 is 0 Å². The molecule has 1 heterocycles. The highest BCUT2D eigenvalue weighted by molar-refractivity contribution is 5.27. The number of ether oxygens (including phenoxy) is 1. The Bertz CT molecular complexity index is 439. The van der Waals surface area contributed by atoms with Crippen LogP contribution in [0, 0.1) is 0 Å². The molecule has 3 rings (SSSR count). The Morgan fingerprint density at radius 2 is 1.95 bits per heavy atom. The topological polar surface area (TPSA) is 24.5 Å². The number of nitrogens with zero attached hydrogens (tertiary/aromatic N) is 1. The second-order valence-corrected chi connectivity index (χ2v) is 6.61. The molecule has 3 heteroatoms. The molecule has 0 radical (unpaired) electrons. The van der Waals surface area contributed by atoms with Crippen LogP contribution in [0.3, 0.4) is 0 Å². The molecule has 1 aliphatic carbocycles. The van der Waals surface area contributed by atoms with E-state index in [1.165, 1.54) is 43.2 Å². The number of nitrogens with one attached hydrogen (secondary N) is 1. The Labute approximate surface area is 128 Å². The van der Waals surface area contributed by atoms with Gasteiger partial charge in [0.25, 0.3) is 0 Å². The Morgan fingerprint density at radius 1 is 1.14 bits per heavy atom. The summed E-state index contributed by atoms with van der Waals surface area (Å²) in [5.41, 5.74) is 2.89. The summed E-state index contributed by atoms with van der Waals surface area (Å²) in [4.78, 5) is 2.41. The molecule has 0 bridgehead atoms. The maximum absolute atomic E-state index is 5.85. The van der Waals surface area contributed by atoms with Crippen LogP contribution in [0.5, 0.6) is 0 Å². The molecule has 1 N–H and O–H groups in total. The number of rotatable bonds is 7. The third kappa shape index (κ3) is 4.80. The van der Waals surface area contributed by atoms with Crippen LogP contribution in [0.25, 0.3) is 0 Å². The van der Waals surface area contributed by atoms with Gasteiger partial charge in [-0.15, -0.1) is 0 Å². The minimum absolute atomic E-state index is 0.431. The highest BCUT2D eigenvalue weighted by Crippen LogP contribution is 2.20. The van der Waals surface area contributed by atoms with Crippen molar-refractivity contribution in [3.8, 4) is 0 Å². The predicted molar refractivity (Wildman–Crippen MR) is 86.2 cm³/mol. The van der Waals surface area contributed by atoms with E-state index in [1.54, 1.807) is 0 Å². The lowest BCUT2D eigenvalue weighted by Crippen LogP contribution is -2.33. The van der Waals surface area contributed by atoms with E-state index in [0.29, 0.717) is 6.10 Å². The third-order valence-corrected chi connectivity index (χ3v) is 4.51. The van der Waals surface area contributed by atoms with E-state index in [9.17, 15) is 0 Å². The van der Waals surface area contributed by atoms with Gasteiger partial charge in [-0.2, -0.15) is 0 Å². The summed E-state index contributed by atoms with van der Waals surface area (Å²) in [7, 11) is 2.21. The molecular formula is C18H28N2O. The van der Waals surface area contributed by atoms with Crippen LogP contribution in [0.2, 0.25) is 0 Å². The Kier molecular flexibility index (Phi) is 5.28. The van der Waals surface area contributed by atoms with Gasteiger partial charge in [0.1, 0.15) is 0 Å². The van der Waals surface area contributed by atoms with E-state index in [1.807, 2.05) is 0 Å². The van der Waals surface area contributed by atoms with Crippen LogP contribution in [-0.2, 0) is 17.8 Å². The first-order valence-corrected chi connectivity index (χ1v) is 8.41. The maximum atomic E-state index is 5.85. The molecule has 0 spiro atoms. The zero-order valence-corrected chi connectivity index (χ0v) is 13.2. The SMILES string of the molecule is CN(Cc1ccccc1CNC1CC1)CC1CCCCO1. The normalized spacial score (nSPS) is 22.7. The molecule has 1 saturated heterocycles. The summed E-state index contributed by atoms with van der Waals surface area (Å²) >= 11 is 0. The molecule has 1 aromatic carbocycles. The van der Waals surface area contributed by atoms with Gasteiger partial charge in [-0.3, -0.25) is 4.90 Å². The second-order valence-electron chi connectivity index (χ2n) is 6.61. The average Bonchev–Trinajstić information content (AvgIpc) is 3.31. The molecule has 1 saturated carbocycles. The molecule has 1 unspecified atom stereocenters. The van der Waals surface area contributed by atoms with Gasteiger partial charge >= 0.3 is 0 Å². The first-order valence-electron chi connectivity index (χ1n) is 8.41. The van der Waals surface area contributed by atoms with Crippen molar-refractivity contribution in [2.45, 2.75) is 57.3 Å². The molecular weight excluding hydrogens is 260 g/mol. The first-order chi connectivity index (χ1) is 10.3. The van der Waals surface area contributed by atoms with E-state index in [0.717, 1.165) is 32.3 Å². The predicted octanol–water partition coefficient (Wildman–Crippen LogP) is 2.94. The van der Waals surface area contributed by atoms with Gasteiger partial charge in [0.05, 0.1) is 6.10 Å². The van der Waals surface area contributed by atoms with Gasteiger partial charge in [0.2, 0.25) is 0 Å². The van der Waals surface area contributed by atoms with E-state index >= 15 is 0 Å². The molecule has 0 aromatic heterocycles. The Hall–Kier alpha value is -0.900. The van der Waals surface area contributed by atoms with Crippen molar-refractivity contribution in [2.24, 2.45) is 0 Å². The lowest BCUT2D eigenvalue weighted by atomic mass is 10.1. The zero-order chi connectivity index (χ0) is 14.5. The van der Waals surface area contributed by atoms with Gasteiger partial charge in [-0.1, -0.05) is 24.3 Å². The molecule has 0 amide bonds. The summed E-state index contributed by atoms with van der Waals surface area (Å²) in [6.07, 6.45) is 6.90. The van der Waals surface area contributed by atoms with Gasteiger partial charge < -0.3 is 10.1 Å². The lowest BCUT2D eigenvalue weighted by Gasteiger charge is -2.28. The number of likely N-dealkylation sites (N-methyl/N-ethyl adjacent to an activating group) is 1. The van der Waals surface area contributed by atoms with Gasteiger partial charge in [-0.25, -0.2) is 0 Å². The van der Waals surface area contributed by atoms with E-state index < -0.39 is 0 Å². The van der Waals surface area contributed by atoms with Crippen molar-refractivity contribution in [3.63, 3.8) is 0 Å². The number of hydrogen-bond acceptors (Lipinski definition) is 3. The van der Waals surface area contributed by atoms with Gasteiger partial charge in [0.15, 0.2) is 0 Å². The van der Waals surface area contributed by atoms with Crippen molar-refractivity contribution in [3.05, 3.63) is 35.4 Å². The third-order valence-electron chi connectivity index (χ3n) is 4.51. The summed E-state index contributed by atoms with van der Waals surface area (Å²) < 4.78 is 5.85. The summed E-state index contributed by atoms with van der Waals surface area (Å²) in [6.45, 7) is 4.02. The van der Waals surface area contributed by atoms with E-state index in [-0.39, 0.29) is 0 Å². The molecule has 1 aliphatic heterocycles. The average molecular weight is 288 g/mol. The van der Waals surface area contributed by atoms with Crippen LogP contribution in [0.15, 0.2) is 24.3 Å². The van der Waals surface area contributed by atoms with Gasteiger partial charge in [-0.05, 0) is 50.3 Å². The van der Waals surface area contributed by atoms with Crippen LogP contribution in [-0.4, -0.2) is 37.2 Å². The van der Waals surface area contributed by atoms with Crippen molar-refractivity contribution in [1.82, 2.24) is 10.2 Å². The monoisotopic (exact) mass is 288 g/mol. The van der Waals surface area contributed by atoms with Crippen LogP contribution < -0.4 is 5.32 Å². The van der Waals surface area contributed by atoms with E-state index in [2.05, 4.69) is 41.5 Å². The second kappa shape index (κ2) is 7.39. The highest BCUT2D eigenvalue weighted by atomic mass is 16.5. The standard InChI is InChI=1S/C18H28N2O/c1-20(14-18-8-4-5-11-21-18)13-16-7-3-2-6-15(16)12-19-17-9-10-17/h2-3,6-7,17-19H,4-5,8-14H2,1H3. The molecule has 116 valence electrons. The minimum atomic E-state index is 0.431. The maximum Gasteiger partial charge on any atom is 0.0702 e. The fourth-order valence-corrected chi connectivity index (χ4v) is 3.08. The zero-order valence-electron chi connectivity index (χ0n) is 13.2. The van der Waals surface area contributed by atoms with Gasteiger partial charge in [0, 0.05) is 32.3 Å². The smallest absolute Gasteiger partial charge is 0.0702 e. The lowest BCUT2D eigenvalue weighted by molar-refractivity contribution is -0.00262. The minimum Gasteiger partial charge on any atom is -0.377 e. The molecule has 1 aromatic rings. The first kappa shape index (κ1) is 15.0. The highest BCUT2D eigenvalue weighted by Gasteiger charge is 2.21. The summed E-state index contributed by atoms with van der Waals surface area (Å²) in [5.74, 6) is 0. The molecule has 2 aliphatic rings.